The molecule has 0 bridgehead atoms. The molecule has 2 heteroatoms. The van der Waals surface area contributed by atoms with Crippen molar-refractivity contribution in [2.45, 2.75) is 83.8 Å². The summed E-state index contributed by atoms with van der Waals surface area (Å²) in [5.41, 5.74) is 0. The Morgan fingerprint density at radius 3 is 2.60 bits per heavy atom. The van der Waals surface area contributed by atoms with E-state index in [1.807, 2.05) is 0 Å². The molecule has 2 nitrogen and oxygen atoms in total. The van der Waals surface area contributed by atoms with Gasteiger partial charge < -0.3 is 0 Å². The van der Waals surface area contributed by atoms with Gasteiger partial charge in [-0.3, -0.25) is 9.80 Å². The van der Waals surface area contributed by atoms with Crippen LogP contribution in [-0.4, -0.2) is 47.6 Å². The lowest BCUT2D eigenvalue weighted by Crippen LogP contribution is -2.63. The molecule has 0 aromatic heterocycles. The van der Waals surface area contributed by atoms with Gasteiger partial charge in [-0.2, -0.15) is 0 Å². The summed E-state index contributed by atoms with van der Waals surface area (Å²) < 4.78 is 0. The lowest BCUT2D eigenvalue weighted by molar-refractivity contribution is -0.0399. The maximum atomic E-state index is 2.95. The molecule has 20 heavy (non-hydrogen) atoms. The van der Waals surface area contributed by atoms with Gasteiger partial charge in [0.2, 0.25) is 0 Å². The highest BCUT2D eigenvalue weighted by Crippen LogP contribution is 2.36. The van der Waals surface area contributed by atoms with E-state index in [-0.39, 0.29) is 0 Å². The minimum Gasteiger partial charge on any atom is -0.298 e. The third-order valence-corrected chi connectivity index (χ3v) is 6.37. The van der Waals surface area contributed by atoms with E-state index in [9.17, 15) is 0 Å². The van der Waals surface area contributed by atoms with E-state index in [1.54, 1.807) is 0 Å². The van der Waals surface area contributed by atoms with Gasteiger partial charge in [0.1, 0.15) is 0 Å². The van der Waals surface area contributed by atoms with Crippen molar-refractivity contribution in [2.75, 3.05) is 19.6 Å². The number of hydrogen-bond donors (Lipinski definition) is 0. The van der Waals surface area contributed by atoms with Crippen LogP contribution in [0.25, 0.3) is 0 Å². The molecule has 3 aliphatic rings. The summed E-state index contributed by atoms with van der Waals surface area (Å²) in [5, 5.41) is 0. The van der Waals surface area contributed by atoms with Crippen LogP contribution >= 0.6 is 0 Å². The highest BCUT2D eigenvalue weighted by molar-refractivity contribution is 4.95. The summed E-state index contributed by atoms with van der Waals surface area (Å²) in [4.78, 5) is 5.76. The Morgan fingerprint density at radius 1 is 1.00 bits per heavy atom. The van der Waals surface area contributed by atoms with Gasteiger partial charge in [0.25, 0.3) is 0 Å². The molecule has 0 radical (unpaired) electrons. The molecule has 2 heterocycles. The van der Waals surface area contributed by atoms with Gasteiger partial charge in [-0.1, -0.05) is 27.2 Å². The van der Waals surface area contributed by atoms with E-state index in [0.717, 1.165) is 30.0 Å². The number of piperazine rings is 1. The average Bonchev–Trinajstić information content (AvgIpc) is 2.46. The highest BCUT2D eigenvalue weighted by Gasteiger charge is 2.40. The molecule has 5 atom stereocenters. The fourth-order valence-corrected chi connectivity index (χ4v) is 5.19. The van der Waals surface area contributed by atoms with E-state index in [4.69, 9.17) is 0 Å². The second-order valence-electron chi connectivity index (χ2n) is 7.87. The number of piperidine rings is 1. The Hall–Kier alpha value is -0.0800. The van der Waals surface area contributed by atoms with Crippen LogP contribution in [-0.2, 0) is 0 Å². The van der Waals surface area contributed by atoms with Crippen molar-refractivity contribution in [3.63, 3.8) is 0 Å². The van der Waals surface area contributed by atoms with Crippen LogP contribution < -0.4 is 0 Å². The van der Waals surface area contributed by atoms with E-state index >= 15 is 0 Å². The zero-order chi connectivity index (χ0) is 14.1. The molecule has 1 saturated carbocycles. The first-order valence-corrected chi connectivity index (χ1v) is 9.18. The predicted molar refractivity (Wildman–Crippen MR) is 86.0 cm³/mol. The van der Waals surface area contributed by atoms with Crippen LogP contribution in [0.15, 0.2) is 0 Å². The molecular weight excluding hydrogens is 244 g/mol. The minimum absolute atomic E-state index is 0.824. The highest BCUT2D eigenvalue weighted by atomic mass is 15.3. The minimum atomic E-state index is 0.824. The van der Waals surface area contributed by atoms with E-state index in [2.05, 4.69) is 30.6 Å². The average molecular weight is 278 g/mol. The van der Waals surface area contributed by atoms with Gasteiger partial charge in [0.15, 0.2) is 0 Å². The van der Waals surface area contributed by atoms with Crippen LogP contribution in [0.1, 0.15) is 65.7 Å². The van der Waals surface area contributed by atoms with Gasteiger partial charge in [-0.25, -0.2) is 0 Å². The number of fused-ring (bicyclic) bond motifs is 1. The zero-order valence-corrected chi connectivity index (χ0v) is 13.9. The Kier molecular flexibility index (Phi) is 4.72. The third kappa shape index (κ3) is 2.92. The van der Waals surface area contributed by atoms with Crippen molar-refractivity contribution in [1.29, 1.82) is 0 Å². The van der Waals surface area contributed by atoms with Crippen LogP contribution in [0.3, 0.4) is 0 Å². The van der Waals surface area contributed by atoms with Crippen molar-refractivity contribution >= 4 is 0 Å². The first-order chi connectivity index (χ1) is 9.69. The maximum Gasteiger partial charge on any atom is 0.0224 e. The number of hydrogen-bond acceptors (Lipinski definition) is 2. The van der Waals surface area contributed by atoms with Crippen molar-refractivity contribution in [1.82, 2.24) is 9.80 Å². The van der Waals surface area contributed by atoms with Gasteiger partial charge in [-0.05, 0) is 56.9 Å². The van der Waals surface area contributed by atoms with Crippen LogP contribution in [0.2, 0.25) is 0 Å². The molecule has 1 aliphatic carbocycles. The van der Waals surface area contributed by atoms with Gasteiger partial charge >= 0.3 is 0 Å². The van der Waals surface area contributed by atoms with Gasteiger partial charge in [0, 0.05) is 31.2 Å². The molecule has 0 aromatic carbocycles. The smallest absolute Gasteiger partial charge is 0.0224 e. The molecule has 0 spiro atoms. The summed E-state index contributed by atoms with van der Waals surface area (Å²) in [7, 11) is 0. The second-order valence-corrected chi connectivity index (χ2v) is 7.87. The van der Waals surface area contributed by atoms with Crippen molar-refractivity contribution in [3.8, 4) is 0 Å². The molecule has 0 amide bonds. The molecule has 116 valence electrons. The molecule has 3 rings (SSSR count). The van der Waals surface area contributed by atoms with Crippen LogP contribution in [0.5, 0.6) is 0 Å². The molecule has 2 saturated heterocycles. The van der Waals surface area contributed by atoms with Gasteiger partial charge in [-0.15, -0.1) is 0 Å². The summed E-state index contributed by atoms with van der Waals surface area (Å²) >= 11 is 0. The van der Waals surface area contributed by atoms with Crippen LogP contribution in [0.4, 0.5) is 0 Å². The first-order valence-electron chi connectivity index (χ1n) is 9.18. The Balaban J connectivity index is 1.70. The summed E-state index contributed by atoms with van der Waals surface area (Å²) in [5.74, 6) is 1.86. The van der Waals surface area contributed by atoms with Crippen molar-refractivity contribution in [2.24, 2.45) is 11.8 Å². The fraction of sp³-hybridized carbons (Fsp3) is 1.00. The first kappa shape index (κ1) is 14.8. The predicted octanol–water partition coefficient (Wildman–Crippen LogP) is 3.76. The Bertz CT molecular complexity index is 317. The second kappa shape index (κ2) is 6.36. The monoisotopic (exact) mass is 278 g/mol. The Labute approximate surface area is 125 Å². The standard InChI is InChI=1S/C18H34N2/c1-4-16-12-19-10-6-5-7-17(19)13-20(16)18-9-8-14(2)11-15(18)3/h14-18H,4-13H2,1-3H3. The fourth-order valence-electron chi connectivity index (χ4n) is 5.19. The molecule has 0 N–H and O–H groups in total. The maximum absolute atomic E-state index is 2.95. The Morgan fingerprint density at radius 2 is 1.85 bits per heavy atom. The largest absolute Gasteiger partial charge is 0.298 e. The van der Waals surface area contributed by atoms with E-state index in [0.29, 0.717) is 0 Å². The topological polar surface area (TPSA) is 6.48 Å². The zero-order valence-electron chi connectivity index (χ0n) is 13.9. The van der Waals surface area contributed by atoms with E-state index in [1.165, 1.54) is 64.6 Å². The summed E-state index contributed by atoms with van der Waals surface area (Å²) in [6.07, 6.45) is 10.0. The van der Waals surface area contributed by atoms with E-state index < -0.39 is 0 Å². The number of rotatable bonds is 2. The SMILES string of the molecule is CCC1CN2CCCCC2CN1C1CCC(C)CC1C. The lowest BCUT2D eigenvalue weighted by Gasteiger charge is -2.53. The quantitative estimate of drug-likeness (QED) is 0.759. The van der Waals surface area contributed by atoms with Crippen LogP contribution in [0, 0.1) is 11.8 Å². The molecular formula is C18H34N2. The third-order valence-electron chi connectivity index (χ3n) is 6.37. The van der Waals surface area contributed by atoms with Crippen molar-refractivity contribution < 1.29 is 0 Å². The number of nitrogens with zero attached hydrogens (tertiary/aromatic N) is 2. The molecule has 0 aromatic rings. The molecule has 5 unspecified atom stereocenters. The molecule has 3 fully saturated rings. The van der Waals surface area contributed by atoms with Crippen molar-refractivity contribution in [3.05, 3.63) is 0 Å². The summed E-state index contributed by atoms with van der Waals surface area (Å²) in [6.45, 7) is 11.4. The summed E-state index contributed by atoms with van der Waals surface area (Å²) in [6, 6.07) is 2.57. The van der Waals surface area contributed by atoms with Gasteiger partial charge in [0.05, 0.1) is 0 Å². The molecule has 2 aliphatic heterocycles. The normalized spacial score (nSPS) is 44.2. The lowest BCUT2D eigenvalue weighted by atomic mass is 9.78.